The zero-order chi connectivity index (χ0) is 15.1. The first-order chi connectivity index (χ1) is 8.83. The van der Waals surface area contributed by atoms with Gasteiger partial charge < -0.3 is 25.7 Å². The largest absolute Gasteiger partial charge is 0.508 e. The number of aliphatic hydroxyl groups is 3. The zero-order valence-corrected chi connectivity index (χ0v) is 12.0. The van der Waals surface area contributed by atoms with Gasteiger partial charge in [0.2, 0.25) is 0 Å². The number of benzene rings is 1. The lowest BCUT2D eigenvalue weighted by atomic mass is 10.0. The zero-order valence-electron chi connectivity index (χ0n) is 12.0. The Labute approximate surface area is 114 Å². The highest BCUT2D eigenvalue weighted by molar-refractivity contribution is 5.36. The molecule has 0 radical (unpaired) electrons. The molecule has 0 aliphatic heterocycles. The maximum absolute atomic E-state index is 9.97. The monoisotopic (exact) mass is 271 g/mol. The Balaban J connectivity index is 0.00000154. The molecule has 1 unspecified atom stereocenters. The highest BCUT2D eigenvalue weighted by Gasteiger charge is 2.14. The maximum atomic E-state index is 9.97. The molecule has 0 spiro atoms. The Hall–Kier alpha value is -1.14. The second kappa shape index (κ2) is 8.12. The molecule has 5 nitrogen and oxygen atoms in total. The van der Waals surface area contributed by atoms with Crippen LogP contribution in [-0.4, -0.2) is 39.6 Å². The minimum Gasteiger partial charge on any atom is -0.508 e. The smallest absolute Gasteiger partial charge is 0.121 e. The van der Waals surface area contributed by atoms with Crippen molar-refractivity contribution >= 4 is 0 Å². The third-order valence-electron chi connectivity index (χ3n) is 2.48. The van der Waals surface area contributed by atoms with Crippen LogP contribution in [0.25, 0.3) is 0 Å². The van der Waals surface area contributed by atoms with E-state index in [1.165, 1.54) is 6.07 Å². The molecule has 0 fully saturated rings. The van der Waals surface area contributed by atoms with Crippen molar-refractivity contribution in [3.63, 3.8) is 0 Å². The van der Waals surface area contributed by atoms with Crippen LogP contribution in [0, 0.1) is 0 Å². The van der Waals surface area contributed by atoms with Gasteiger partial charge in [-0.3, -0.25) is 0 Å². The molecule has 0 heterocycles. The molecule has 0 aliphatic carbocycles. The molecule has 110 valence electrons. The molecule has 0 aromatic heterocycles. The molecule has 0 amide bonds. The van der Waals surface area contributed by atoms with Crippen molar-refractivity contribution in [3.8, 4) is 5.75 Å². The first-order valence-corrected chi connectivity index (χ1v) is 6.14. The van der Waals surface area contributed by atoms with Crippen molar-refractivity contribution in [1.82, 2.24) is 5.32 Å². The minimum absolute atomic E-state index is 0.0484. The van der Waals surface area contributed by atoms with Crippen LogP contribution in [0.15, 0.2) is 18.2 Å². The van der Waals surface area contributed by atoms with Crippen molar-refractivity contribution in [3.05, 3.63) is 29.3 Å². The first-order valence-electron chi connectivity index (χ1n) is 6.14. The van der Waals surface area contributed by atoms with Gasteiger partial charge >= 0.3 is 0 Å². The molecule has 0 saturated carbocycles. The molecular weight excluding hydrogens is 246 g/mol. The fourth-order valence-electron chi connectivity index (χ4n) is 1.46. The first kappa shape index (κ1) is 17.9. The van der Waals surface area contributed by atoms with Crippen LogP contribution in [0.3, 0.4) is 0 Å². The lowest BCUT2D eigenvalue weighted by Gasteiger charge is -2.23. The highest BCUT2D eigenvalue weighted by Crippen LogP contribution is 2.22. The molecule has 1 aromatic carbocycles. The van der Waals surface area contributed by atoms with E-state index in [-0.39, 0.29) is 17.9 Å². The lowest BCUT2D eigenvalue weighted by Crippen LogP contribution is -2.38. The molecule has 1 rings (SSSR count). The number of hydrogen-bond donors (Lipinski definition) is 5. The summed E-state index contributed by atoms with van der Waals surface area (Å²) >= 11 is 0. The predicted molar refractivity (Wildman–Crippen MR) is 74.9 cm³/mol. The number of β-amino-alcohol motifs (C(OH)–C–C–N with tert-alkyl or cyclic N) is 1. The van der Waals surface area contributed by atoms with E-state index in [1.54, 1.807) is 12.1 Å². The maximum Gasteiger partial charge on any atom is 0.121 e. The van der Waals surface area contributed by atoms with E-state index in [2.05, 4.69) is 5.32 Å². The van der Waals surface area contributed by atoms with Crippen LogP contribution in [-0.2, 0) is 6.61 Å². The summed E-state index contributed by atoms with van der Waals surface area (Å²) in [6, 6.07) is 4.76. The standard InChI is InChI=1S/C13H21NO3.CH4O/c1-13(2,3)14-7-12(17)9-4-5-11(16)10(6-9)8-15;1-2/h4-6,12,14-17H,7-8H2,1-3H3;2H,1H3. The van der Waals surface area contributed by atoms with Crippen molar-refractivity contribution in [2.45, 2.75) is 39.0 Å². The van der Waals surface area contributed by atoms with Crippen LogP contribution in [0.1, 0.15) is 38.0 Å². The third-order valence-corrected chi connectivity index (χ3v) is 2.48. The Morgan fingerprint density at radius 3 is 2.26 bits per heavy atom. The number of rotatable bonds is 4. The molecule has 0 aliphatic rings. The van der Waals surface area contributed by atoms with E-state index in [0.717, 1.165) is 7.11 Å². The summed E-state index contributed by atoms with van der Waals surface area (Å²) < 4.78 is 0. The van der Waals surface area contributed by atoms with Gasteiger partial charge in [0, 0.05) is 24.8 Å². The summed E-state index contributed by atoms with van der Waals surface area (Å²) in [6.07, 6.45) is -0.653. The SMILES string of the molecule is CC(C)(C)NCC(O)c1ccc(O)c(CO)c1.CO. The quantitative estimate of drug-likeness (QED) is 0.561. The van der Waals surface area contributed by atoms with Crippen molar-refractivity contribution < 1.29 is 20.4 Å². The summed E-state index contributed by atoms with van der Waals surface area (Å²) in [6.45, 7) is 6.26. The Kier molecular flexibility index (Phi) is 7.63. The van der Waals surface area contributed by atoms with Crippen LogP contribution >= 0.6 is 0 Å². The molecule has 5 N–H and O–H groups in total. The summed E-state index contributed by atoms with van der Waals surface area (Å²) in [5, 5.41) is 38.6. The van der Waals surface area contributed by atoms with Gasteiger partial charge in [0.05, 0.1) is 12.7 Å². The fourth-order valence-corrected chi connectivity index (χ4v) is 1.46. The average molecular weight is 271 g/mol. The van der Waals surface area contributed by atoms with Crippen LogP contribution < -0.4 is 5.32 Å². The van der Waals surface area contributed by atoms with Gasteiger partial charge in [-0.15, -0.1) is 0 Å². The third kappa shape index (κ3) is 6.54. The predicted octanol–water partition coefficient (Wildman–Crippen LogP) is 0.914. The van der Waals surface area contributed by atoms with Crippen LogP contribution in [0.5, 0.6) is 5.75 Å². The topological polar surface area (TPSA) is 93.0 Å². The van der Waals surface area contributed by atoms with Crippen molar-refractivity contribution in [2.75, 3.05) is 13.7 Å². The number of phenols is 1. The minimum atomic E-state index is -0.653. The second-order valence-corrected chi connectivity index (χ2v) is 5.19. The van der Waals surface area contributed by atoms with Gasteiger partial charge in [0.25, 0.3) is 0 Å². The normalized spacial score (nSPS) is 12.6. The van der Waals surface area contributed by atoms with Gasteiger partial charge in [-0.1, -0.05) is 6.07 Å². The van der Waals surface area contributed by atoms with Crippen LogP contribution in [0.4, 0.5) is 0 Å². The average Bonchev–Trinajstić information content (AvgIpc) is 2.38. The van der Waals surface area contributed by atoms with Crippen molar-refractivity contribution in [2.24, 2.45) is 0 Å². The van der Waals surface area contributed by atoms with Crippen molar-refractivity contribution in [1.29, 1.82) is 0 Å². The molecule has 1 atom stereocenters. The van der Waals surface area contributed by atoms with E-state index in [9.17, 15) is 10.2 Å². The van der Waals surface area contributed by atoms with E-state index in [1.807, 2.05) is 20.8 Å². The van der Waals surface area contributed by atoms with Gasteiger partial charge in [-0.05, 0) is 38.5 Å². The van der Waals surface area contributed by atoms with Gasteiger partial charge in [0.15, 0.2) is 0 Å². The number of hydrogen-bond acceptors (Lipinski definition) is 5. The summed E-state index contributed by atoms with van der Waals surface area (Å²) in [7, 11) is 1.00. The molecule has 1 aromatic rings. The van der Waals surface area contributed by atoms with Gasteiger partial charge in [0.1, 0.15) is 5.75 Å². The number of aromatic hydroxyl groups is 1. The number of nitrogens with one attached hydrogen (secondary N) is 1. The molecule has 5 heteroatoms. The fraction of sp³-hybridized carbons (Fsp3) is 0.571. The Morgan fingerprint density at radius 1 is 1.21 bits per heavy atom. The number of aliphatic hydroxyl groups excluding tert-OH is 3. The van der Waals surface area contributed by atoms with Gasteiger partial charge in [-0.25, -0.2) is 0 Å². The molecule has 0 bridgehead atoms. The van der Waals surface area contributed by atoms with E-state index in [0.29, 0.717) is 17.7 Å². The Bertz CT molecular complexity index is 374. The molecule has 0 saturated heterocycles. The second-order valence-electron chi connectivity index (χ2n) is 5.19. The molecule has 19 heavy (non-hydrogen) atoms. The summed E-state index contributed by atoms with van der Waals surface area (Å²) in [4.78, 5) is 0. The lowest BCUT2D eigenvalue weighted by molar-refractivity contribution is 0.163. The van der Waals surface area contributed by atoms with E-state index >= 15 is 0 Å². The molecular formula is C14H25NO4. The van der Waals surface area contributed by atoms with Crippen LogP contribution in [0.2, 0.25) is 0 Å². The Morgan fingerprint density at radius 2 is 1.79 bits per heavy atom. The van der Waals surface area contributed by atoms with E-state index < -0.39 is 6.10 Å². The van der Waals surface area contributed by atoms with Gasteiger partial charge in [-0.2, -0.15) is 0 Å². The summed E-state index contributed by atoms with van der Waals surface area (Å²) in [5.74, 6) is 0.0484. The highest BCUT2D eigenvalue weighted by atomic mass is 16.3. The summed E-state index contributed by atoms with van der Waals surface area (Å²) in [5.41, 5.74) is 1.05. The van der Waals surface area contributed by atoms with E-state index in [4.69, 9.17) is 10.2 Å².